The number of benzene rings is 2. The van der Waals surface area contributed by atoms with E-state index in [0.717, 1.165) is 36.3 Å². The Kier molecular flexibility index (Phi) is 4.58. The Hall–Kier alpha value is -1.06. The van der Waals surface area contributed by atoms with Gasteiger partial charge in [0, 0.05) is 11.1 Å². The van der Waals surface area contributed by atoms with Gasteiger partial charge in [0.1, 0.15) is 5.75 Å². The summed E-state index contributed by atoms with van der Waals surface area (Å²) in [7, 11) is 0. The zero-order chi connectivity index (χ0) is 13.8. The van der Waals surface area contributed by atoms with Crippen LogP contribution in [0.2, 0.25) is 0 Å². The lowest BCUT2D eigenvalue weighted by molar-refractivity contribution is 0.0981. The summed E-state index contributed by atoms with van der Waals surface area (Å²) in [6.07, 6.45) is 5.06. The second kappa shape index (κ2) is 6.59. The molecule has 2 aromatic rings. The largest absolute Gasteiger partial charge is 0.494 e. The highest BCUT2D eigenvalue weighted by atomic mass is 79.9. The van der Waals surface area contributed by atoms with Crippen LogP contribution in [0.1, 0.15) is 25.7 Å². The average Bonchev–Trinajstić information content (AvgIpc) is 2.97. The Morgan fingerprint density at radius 1 is 1.15 bits per heavy atom. The molecular weight excluding hydrogens is 316 g/mol. The van der Waals surface area contributed by atoms with Crippen LogP contribution < -0.4 is 4.74 Å². The normalized spacial score (nSPS) is 18.6. The first-order chi connectivity index (χ1) is 9.81. The molecule has 0 spiro atoms. The van der Waals surface area contributed by atoms with Crippen molar-refractivity contribution in [1.82, 2.24) is 0 Å². The van der Waals surface area contributed by atoms with Crippen LogP contribution in [0.5, 0.6) is 5.75 Å². The van der Waals surface area contributed by atoms with Gasteiger partial charge < -0.3 is 9.47 Å². The van der Waals surface area contributed by atoms with Gasteiger partial charge in [0.2, 0.25) is 0 Å². The minimum absolute atomic E-state index is 0.465. The minimum Gasteiger partial charge on any atom is -0.494 e. The van der Waals surface area contributed by atoms with E-state index >= 15 is 0 Å². The fraction of sp³-hybridized carbons (Fsp3) is 0.412. The number of hydrogen-bond acceptors (Lipinski definition) is 2. The summed E-state index contributed by atoms with van der Waals surface area (Å²) in [5.74, 6) is 0.951. The van der Waals surface area contributed by atoms with Crippen LogP contribution in [-0.4, -0.2) is 19.3 Å². The van der Waals surface area contributed by atoms with Gasteiger partial charge in [0.25, 0.3) is 0 Å². The monoisotopic (exact) mass is 334 g/mol. The van der Waals surface area contributed by atoms with Crippen LogP contribution in [-0.2, 0) is 4.74 Å². The van der Waals surface area contributed by atoms with E-state index in [1.165, 1.54) is 23.6 Å². The van der Waals surface area contributed by atoms with E-state index in [4.69, 9.17) is 9.47 Å². The molecule has 20 heavy (non-hydrogen) atoms. The van der Waals surface area contributed by atoms with E-state index in [1.807, 2.05) is 6.07 Å². The van der Waals surface area contributed by atoms with Gasteiger partial charge in [-0.15, -0.1) is 0 Å². The zero-order valence-corrected chi connectivity index (χ0v) is 13.1. The molecule has 1 fully saturated rings. The molecule has 2 aromatic carbocycles. The van der Waals surface area contributed by atoms with Crippen molar-refractivity contribution in [2.75, 3.05) is 13.2 Å². The smallest absolute Gasteiger partial charge is 0.119 e. The van der Waals surface area contributed by atoms with E-state index in [9.17, 15) is 0 Å². The molecule has 1 heterocycles. The van der Waals surface area contributed by atoms with Crippen molar-refractivity contribution in [3.05, 3.63) is 40.9 Å². The molecule has 1 aliphatic rings. The molecule has 1 saturated heterocycles. The minimum atomic E-state index is 0.465. The maximum Gasteiger partial charge on any atom is 0.119 e. The number of halogens is 1. The standard InChI is InChI=1S/C17H19BrO2/c18-15-7-5-14-12-17(8-6-13(14)11-15)20-10-2-4-16-3-1-9-19-16/h5-8,11-12,16H,1-4,9-10H2. The average molecular weight is 335 g/mol. The molecule has 0 amide bonds. The first-order valence-electron chi connectivity index (χ1n) is 7.25. The van der Waals surface area contributed by atoms with Crippen LogP contribution >= 0.6 is 15.9 Å². The van der Waals surface area contributed by atoms with E-state index in [0.29, 0.717) is 6.10 Å². The molecular formula is C17H19BrO2. The van der Waals surface area contributed by atoms with Gasteiger partial charge in [-0.1, -0.05) is 28.1 Å². The first kappa shape index (κ1) is 13.9. The molecule has 106 valence electrons. The van der Waals surface area contributed by atoms with Crippen LogP contribution in [0.3, 0.4) is 0 Å². The van der Waals surface area contributed by atoms with E-state index in [2.05, 4.69) is 46.3 Å². The quantitative estimate of drug-likeness (QED) is 0.721. The van der Waals surface area contributed by atoms with Crippen LogP contribution in [0.4, 0.5) is 0 Å². The number of ether oxygens (including phenoxy) is 2. The molecule has 3 rings (SSSR count). The third kappa shape index (κ3) is 3.53. The predicted octanol–water partition coefficient (Wildman–Crippen LogP) is 4.94. The Bertz CT molecular complexity index is 576. The highest BCUT2D eigenvalue weighted by Gasteiger charge is 2.14. The van der Waals surface area contributed by atoms with Crippen LogP contribution in [0.15, 0.2) is 40.9 Å². The molecule has 0 saturated carbocycles. The Morgan fingerprint density at radius 2 is 2.00 bits per heavy atom. The van der Waals surface area contributed by atoms with Gasteiger partial charge in [0.15, 0.2) is 0 Å². The summed E-state index contributed by atoms with van der Waals surface area (Å²) in [5, 5.41) is 2.44. The Balaban J connectivity index is 1.53. The highest BCUT2D eigenvalue weighted by Crippen LogP contribution is 2.24. The molecule has 0 bridgehead atoms. The van der Waals surface area contributed by atoms with Gasteiger partial charge in [-0.3, -0.25) is 0 Å². The molecule has 2 nitrogen and oxygen atoms in total. The lowest BCUT2D eigenvalue weighted by Gasteiger charge is -2.10. The second-order valence-electron chi connectivity index (χ2n) is 5.28. The van der Waals surface area contributed by atoms with Crippen molar-refractivity contribution in [3.63, 3.8) is 0 Å². The van der Waals surface area contributed by atoms with Gasteiger partial charge in [-0.2, -0.15) is 0 Å². The summed E-state index contributed by atoms with van der Waals surface area (Å²) in [4.78, 5) is 0. The second-order valence-corrected chi connectivity index (χ2v) is 6.19. The van der Waals surface area contributed by atoms with Crippen LogP contribution in [0, 0.1) is 0 Å². The van der Waals surface area contributed by atoms with Crippen LogP contribution in [0.25, 0.3) is 10.8 Å². The fourth-order valence-electron chi connectivity index (χ4n) is 2.66. The molecule has 0 aliphatic carbocycles. The SMILES string of the molecule is Brc1ccc2cc(OCCCC3CCCO3)ccc2c1. The summed E-state index contributed by atoms with van der Waals surface area (Å²) >= 11 is 3.49. The third-order valence-electron chi connectivity index (χ3n) is 3.74. The molecule has 0 radical (unpaired) electrons. The first-order valence-corrected chi connectivity index (χ1v) is 8.04. The fourth-order valence-corrected chi connectivity index (χ4v) is 3.04. The van der Waals surface area contributed by atoms with E-state index in [1.54, 1.807) is 0 Å². The molecule has 0 N–H and O–H groups in total. The van der Waals surface area contributed by atoms with E-state index in [-0.39, 0.29) is 0 Å². The summed E-state index contributed by atoms with van der Waals surface area (Å²) in [5.41, 5.74) is 0. The Morgan fingerprint density at radius 3 is 2.85 bits per heavy atom. The predicted molar refractivity (Wildman–Crippen MR) is 85.4 cm³/mol. The Labute approximate surface area is 128 Å². The van der Waals surface area contributed by atoms with Gasteiger partial charge in [-0.05, 0) is 60.7 Å². The van der Waals surface area contributed by atoms with Crippen molar-refractivity contribution >= 4 is 26.7 Å². The van der Waals surface area contributed by atoms with Gasteiger partial charge in [0.05, 0.1) is 12.7 Å². The highest BCUT2D eigenvalue weighted by molar-refractivity contribution is 9.10. The van der Waals surface area contributed by atoms with Crippen molar-refractivity contribution in [3.8, 4) is 5.75 Å². The number of rotatable bonds is 5. The molecule has 0 aromatic heterocycles. The molecule has 1 unspecified atom stereocenters. The zero-order valence-electron chi connectivity index (χ0n) is 11.5. The van der Waals surface area contributed by atoms with Gasteiger partial charge in [-0.25, -0.2) is 0 Å². The summed E-state index contributed by atoms with van der Waals surface area (Å²) in [6.45, 7) is 1.70. The maximum absolute atomic E-state index is 5.84. The lowest BCUT2D eigenvalue weighted by atomic mass is 10.1. The van der Waals surface area contributed by atoms with Crippen molar-refractivity contribution in [2.45, 2.75) is 31.8 Å². The molecule has 1 atom stereocenters. The maximum atomic E-state index is 5.84. The molecule has 3 heteroatoms. The van der Waals surface area contributed by atoms with Crippen molar-refractivity contribution in [2.24, 2.45) is 0 Å². The van der Waals surface area contributed by atoms with Gasteiger partial charge >= 0.3 is 0 Å². The van der Waals surface area contributed by atoms with Crippen molar-refractivity contribution in [1.29, 1.82) is 0 Å². The topological polar surface area (TPSA) is 18.5 Å². The number of fused-ring (bicyclic) bond motifs is 1. The number of hydrogen-bond donors (Lipinski definition) is 0. The summed E-state index contributed by atoms with van der Waals surface area (Å²) in [6, 6.07) is 12.5. The van der Waals surface area contributed by atoms with Crippen molar-refractivity contribution < 1.29 is 9.47 Å². The van der Waals surface area contributed by atoms with E-state index < -0.39 is 0 Å². The summed E-state index contributed by atoms with van der Waals surface area (Å²) < 4.78 is 12.6. The molecule has 1 aliphatic heterocycles. The third-order valence-corrected chi connectivity index (χ3v) is 4.23. The lowest BCUT2D eigenvalue weighted by Crippen LogP contribution is -2.07.